The monoisotopic (exact) mass is 419 g/mol. The van der Waals surface area contributed by atoms with Crippen molar-refractivity contribution in [2.45, 2.75) is 6.92 Å². The lowest BCUT2D eigenvalue weighted by Crippen LogP contribution is -2.36. The van der Waals surface area contributed by atoms with Crippen LogP contribution in [-0.2, 0) is 4.74 Å². The van der Waals surface area contributed by atoms with Crippen LogP contribution in [0, 0.1) is 6.92 Å². The number of nitrogens with zero attached hydrogens (tertiary/aromatic N) is 3. The van der Waals surface area contributed by atoms with E-state index in [4.69, 9.17) is 9.47 Å². The van der Waals surface area contributed by atoms with Crippen molar-refractivity contribution >= 4 is 28.9 Å². The summed E-state index contributed by atoms with van der Waals surface area (Å²) in [5, 5.41) is 6.21. The summed E-state index contributed by atoms with van der Waals surface area (Å²) in [4.78, 5) is 23.8. The Hall–Kier alpha value is -3.65. The fourth-order valence-corrected chi connectivity index (χ4v) is 3.39. The number of anilines is 4. The average Bonchev–Trinajstić information content (AvgIpc) is 2.80. The Labute approximate surface area is 181 Å². The maximum atomic E-state index is 12.6. The number of hydrogen-bond acceptors (Lipinski definition) is 7. The zero-order chi connectivity index (χ0) is 21.6. The van der Waals surface area contributed by atoms with Crippen molar-refractivity contribution in [3.8, 4) is 5.75 Å². The largest absolute Gasteiger partial charge is 0.496 e. The first-order valence-corrected chi connectivity index (χ1v) is 10.1. The van der Waals surface area contributed by atoms with Gasteiger partial charge in [0.1, 0.15) is 23.2 Å². The van der Waals surface area contributed by atoms with Crippen molar-refractivity contribution < 1.29 is 14.3 Å². The molecule has 0 aliphatic carbocycles. The van der Waals surface area contributed by atoms with E-state index in [1.54, 1.807) is 25.3 Å². The normalized spacial score (nSPS) is 13.5. The Kier molecular flexibility index (Phi) is 6.28. The van der Waals surface area contributed by atoms with Crippen LogP contribution < -0.4 is 20.3 Å². The van der Waals surface area contributed by atoms with Crippen LogP contribution in [0.3, 0.4) is 0 Å². The summed E-state index contributed by atoms with van der Waals surface area (Å²) in [6, 6.07) is 16.5. The highest BCUT2D eigenvalue weighted by Gasteiger charge is 2.15. The van der Waals surface area contributed by atoms with E-state index in [0.717, 1.165) is 30.4 Å². The summed E-state index contributed by atoms with van der Waals surface area (Å²) in [6.07, 6.45) is 0. The van der Waals surface area contributed by atoms with Crippen molar-refractivity contribution in [1.29, 1.82) is 0 Å². The van der Waals surface area contributed by atoms with Crippen molar-refractivity contribution in [2.75, 3.05) is 48.9 Å². The lowest BCUT2D eigenvalue weighted by Gasteiger charge is -2.28. The molecule has 8 nitrogen and oxygen atoms in total. The Morgan fingerprint density at radius 3 is 2.48 bits per heavy atom. The summed E-state index contributed by atoms with van der Waals surface area (Å²) in [5.74, 6) is 2.62. The first-order chi connectivity index (χ1) is 15.1. The van der Waals surface area contributed by atoms with Gasteiger partial charge in [0.05, 0.1) is 25.9 Å². The molecule has 0 unspecified atom stereocenters. The second kappa shape index (κ2) is 9.44. The number of ether oxygens (including phenoxy) is 2. The minimum Gasteiger partial charge on any atom is -0.496 e. The van der Waals surface area contributed by atoms with Crippen LogP contribution in [-0.4, -0.2) is 49.3 Å². The number of methoxy groups -OCH3 is 1. The third-order valence-corrected chi connectivity index (χ3v) is 4.93. The maximum absolute atomic E-state index is 12.6. The molecule has 0 spiro atoms. The number of hydrogen-bond donors (Lipinski definition) is 2. The topological polar surface area (TPSA) is 88.6 Å². The van der Waals surface area contributed by atoms with Crippen LogP contribution in [0.4, 0.5) is 23.0 Å². The molecule has 3 aromatic rings. The van der Waals surface area contributed by atoms with Gasteiger partial charge in [0.2, 0.25) is 0 Å². The highest BCUT2D eigenvalue weighted by molar-refractivity contribution is 6.06. The number of benzene rings is 2. The number of nitrogens with one attached hydrogen (secondary N) is 2. The quantitative estimate of drug-likeness (QED) is 0.631. The predicted octanol–water partition coefficient (Wildman–Crippen LogP) is 3.63. The smallest absolute Gasteiger partial charge is 0.259 e. The zero-order valence-corrected chi connectivity index (χ0v) is 17.6. The van der Waals surface area contributed by atoms with Crippen molar-refractivity contribution in [2.24, 2.45) is 0 Å². The second-order valence-corrected chi connectivity index (χ2v) is 7.11. The van der Waals surface area contributed by atoms with Gasteiger partial charge in [-0.05, 0) is 43.3 Å². The molecule has 1 aliphatic heterocycles. The molecule has 1 saturated heterocycles. The van der Waals surface area contributed by atoms with Crippen LogP contribution in [0.2, 0.25) is 0 Å². The van der Waals surface area contributed by atoms with Crippen molar-refractivity contribution in [3.63, 3.8) is 0 Å². The van der Waals surface area contributed by atoms with Gasteiger partial charge in [-0.3, -0.25) is 4.79 Å². The van der Waals surface area contributed by atoms with Gasteiger partial charge < -0.3 is 25.0 Å². The fraction of sp³-hybridized carbons (Fsp3) is 0.261. The fourth-order valence-electron chi connectivity index (χ4n) is 3.39. The number of carbonyl (C=O) groups excluding carboxylic acids is 1. The van der Waals surface area contributed by atoms with E-state index < -0.39 is 0 Å². The van der Waals surface area contributed by atoms with E-state index in [2.05, 4.69) is 25.5 Å². The van der Waals surface area contributed by atoms with Crippen LogP contribution in [0.1, 0.15) is 16.2 Å². The lowest BCUT2D eigenvalue weighted by atomic mass is 10.2. The summed E-state index contributed by atoms with van der Waals surface area (Å²) < 4.78 is 10.7. The SMILES string of the molecule is COc1ccccc1C(=O)Nc1ccc(Nc2cc(N3CCOCC3)nc(C)n2)cc1. The molecule has 0 radical (unpaired) electrons. The van der Waals surface area contributed by atoms with Crippen molar-refractivity contribution in [3.05, 3.63) is 66.0 Å². The Morgan fingerprint density at radius 1 is 1.03 bits per heavy atom. The molecule has 8 heteroatoms. The van der Waals surface area contributed by atoms with Gasteiger partial charge in [-0.2, -0.15) is 0 Å². The molecule has 31 heavy (non-hydrogen) atoms. The van der Waals surface area contributed by atoms with E-state index in [0.29, 0.717) is 36.0 Å². The zero-order valence-electron chi connectivity index (χ0n) is 17.6. The molecule has 0 saturated carbocycles. The number of aryl methyl sites for hydroxylation is 1. The molecule has 0 atom stereocenters. The van der Waals surface area contributed by atoms with Gasteiger partial charge >= 0.3 is 0 Å². The number of para-hydroxylation sites is 1. The molecule has 1 amide bonds. The van der Waals surface area contributed by atoms with Gasteiger partial charge in [0, 0.05) is 30.5 Å². The highest BCUT2D eigenvalue weighted by Crippen LogP contribution is 2.23. The number of morpholine rings is 1. The van der Waals surface area contributed by atoms with Gasteiger partial charge in [0.25, 0.3) is 5.91 Å². The van der Waals surface area contributed by atoms with E-state index in [-0.39, 0.29) is 5.91 Å². The van der Waals surface area contributed by atoms with E-state index >= 15 is 0 Å². The summed E-state index contributed by atoms with van der Waals surface area (Å²) in [7, 11) is 1.55. The molecule has 4 rings (SSSR count). The number of rotatable bonds is 6. The molecule has 0 bridgehead atoms. The molecule has 160 valence electrons. The number of carbonyl (C=O) groups is 1. The minimum atomic E-state index is -0.222. The molecule has 1 fully saturated rings. The molecule has 2 heterocycles. The summed E-state index contributed by atoms with van der Waals surface area (Å²) in [5.41, 5.74) is 2.04. The maximum Gasteiger partial charge on any atom is 0.259 e. The van der Waals surface area contributed by atoms with Crippen LogP contribution in [0.15, 0.2) is 54.6 Å². The van der Waals surface area contributed by atoms with Gasteiger partial charge in [-0.25, -0.2) is 9.97 Å². The Balaban J connectivity index is 1.44. The third kappa shape index (κ3) is 5.10. The summed E-state index contributed by atoms with van der Waals surface area (Å²) in [6.45, 7) is 4.92. The Bertz CT molecular complexity index is 1050. The van der Waals surface area contributed by atoms with Gasteiger partial charge in [-0.15, -0.1) is 0 Å². The van der Waals surface area contributed by atoms with Gasteiger partial charge in [-0.1, -0.05) is 12.1 Å². The predicted molar refractivity (Wildman–Crippen MR) is 120 cm³/mol. The molecule has 1 aliphatic rings. The number of amides is 1. The molecule has 2 N–H and O–H groups in total. The van der Waals surface area contributed by atoms with E-state index in [1.807, 2.05) is 43.3 Å². The standard InChI is InChI=1S/C23H25N5O3/c1-16-24-21(15-22(25-16)28-11-13-31-14-12-28)26-17-7-9-18(10-8-17)27-23(29)19-5-3-4-6-20(19)30-2/h3-10,15H,11-14H2,1-2H3,(H,27,29)(H,24,25,26). The first-order valence-electron chi connectivity index (χ1n) is 10.1. The molecule has 2 aromatic carbocycles. The van der Waals surface area contributed by atoms with Crippen LogP contribution in [0.5, 0.6) is 5.75 Å². The van der Waals surface area contributed by atoms with Crippen molar-refractivity contribution in [1.82, 2.24) is 9.97 Å². The lowest BCUT2D eigenvalue weighted by molar-refractivity contribution is 0.102. The van der Waals surface area contributed by atoms with Crippen LogP contribution >= 0.6 is 0 Å². The van der Waals surface area contributed by atoms with E-state index in [1.165, 1.54) is 0 Å². The molecular formula is C23H25N5O3. The third-order valence-electron chi connectivity index (χ3n) is 4.93. The van der Waals surface area contributed by atoms with E-state index in [9.17, 15) is 4.79 Å². The molecular weight excluding hydrogens is 394 g/mol. The minimum absolute atomic E-state index is 0.222. The second-order valence-electron chi connectivity index (χ2n) is 7.11. The highest BCUT2D eigenvalue weighted by atomic mass is 16.5. The number of aromatic nitrogens is 2. The first kappa shape index (κ1) is 20.6. The van der Waals surface area contributed by atoms with Gasteiger partial charge in [0.15, 0.2) is 0 Å². The average molecular weight is 419 g/mol. The summed E-state index contributed by atoms with van der Waals surface area (Å²) >= 11 is 0. The molecule has 1 aromatic heterocycles. The Morgan fingerprint density at radius 2 is 1.74 bits per heavy atom. The van der Waals surface area contributed by atoms with Crippen LogP contribution in [0.25, 0.3) is 0 Å².